The monoisotopic (exact) mass is 442 g/mol. The van der Waals surface area contributed by atoms with Crippen molar-refractivity contribution in [3.05, 3.63) is 23.2 Å². The number of rotatable bonds is 7. The van der Waals surface area contributed by atoms with E-state index in [9.17, 15) is 14.4 Å². The molecule has 2 amide bonds. The van der Waals surface area contributed by atoms with Crippen LogP contribution in [0.4, 0.5) is 10.8 Å². The first-order chi connectivity index (χ1) is 13.5. The van der Waals surface area contributed by atoms with Crippen LogP contribution in [-0.4, -0.2) is 53.5 Å². The molecule has 0 fully saturated rings. The number of carbonyl (C=O) groups excluding carboxylic acids is 3. The largest absolute Gasteiger partial charge is 0.482 e. The van der Waals surface area contributed by atoms with Crippen LogP contribution in [0.15, 0.2) is 22.5 Å². The molecule has 9 nitrogen and oxygen atoms in total. The summed E-state index contributed by atoms with van der Waals surface area (Å²) in [7, 11) is 0. The fourth-order valence-corrected chi connectivity index (χ4v) is 4.03. The summed E-state index contributed by atoms with van der Waals surface area (Å²) in [5.74, 6) is -0.565. The average Bonchev–Trinajstić information content (AvgIpc) is 3.10. The molecule has 2 heterocycles. The number of carbonyl (C=O) groups is 3. The molecule has 0 saturated carbocycles. The minimum Gasteiger partial charge on any atom is -0.482 e. The Balaban J connectivity index is 1.60. The Labute approximate surface area is 173 Å². The number of halogens is 1. The molecule has 12 heteroatoms. The standard InChI is InChI=1S/C16H15ClN4O5S2/c1-2-25-14(24)8-27-16-20-19-15(28-16)18-12(22)6-21-10-5-9(17)3-4-11(10)26-7-13(21)23/h3-5H,2,6-8H2,1H3,(H,18,19,22). The van der Waals surface area contributed by atoms with E-state index in [-0.39, 0.29) is 35.9 Å². The fourth-order valence-electron chi connectivity index (χ4n) is 2.29. The number of nitrogens with one attached hydrogen (secondary N) is 1. The Hall–Kier alpha value is -2.37. The van der Waals surface area contributed by atoms with Crippen LogP contribution in [0, 0.1) is 0 Å². The lowest BCUT2D eigenvalue weighted by Crippen LogP contribution is -2.43. The van der Waals surface area contributed by atoms with Gasteiger partial charge in [-0.1, -0.05) is 34.7 Å². The second kappa shape index (κ2) is 9.22. The van der Waals surface area contributed by atoms with Crippen molar-refractivity contribution < 1.29 is 23.9 Å². The number of ether oxygens (including phenoxy) is 2. The van der Waals surface area contributed by atoms with Gasteiger partial charge >= 0.3 is 5.97 Å². The lowest BCUT2D eigenvalue weighted by Gasteiger charge is -2.28. The molecule has 148 valence electrons. The molecule has 1 aromatic heterocycles. The van der Waals surface area contributed by atoms with E-state index in [1.807, 2.05) is 0 Å². The van der Waals surface area contributed by atoms with Crippen LogP contribution in [0.2, 0.25) is 5.02 Å². The summed E-state index contributed by atoms with van der Waals surface area (Å²) < 4.78 is 10.7. The van der Waals surface area contributed by atoms with Crippen LogP contribution >= 0.6 is 34.7 Å². The second-order valence-corrected chi connectivity index (χ2v) is 8.03. The SMILES string of the molecule is CCOC(=O)CSc1nnc(NC(=O)CN2C(=O)COc3ccc(Cl)cc32)s1. The van der Waals surface area contributed by atoms with Gasteiger partial charge in [0.15, 0.2) is 10.9 Å². The molecule has 0 saturated heterocycles. The molecule has 1 N–H and O–H groups in total. The average molecular weight is 443 g/mol. The molecule has 0 aliphatic carbocycles. The van der Waals surface area contributed by atoms with Gasteiger partial charge in [-0.25, -0.2) is 0 Å². The van der Waals surface area contributed by atoms with E-state index in [4.69, 9.17) is 21.1 Å². The Bertz CT molecular complexity index is 907. The number of nitrogens with zero attached hydrogens (tertiary/aromatic N) is 3. The minimum atomic E-state index is -0.445. The van der Waals surface area contributed by atoms with Crippen molar-refractivity contribution in [2.45, 2.75) is 11.3 Å². The van der Waals surface area contributed by atoms with Crippen molar-refractivity contribution in [3.8, 4) is 5.75 Å². The van der Waals surface area contributed by atoms with E-state index >= 15 is 0 Å². The molecule has 0 unspecified atom stereocenters. The van der Waals surface area contributed by atoms with Gasteiger partial charge in [0.1, 0.15) is 12.3 Å². The topological polar surface area (TPSA) is 111 Å². The molecule has 0 spiro atoms. The number of amides is 2. The first-order valence-electron chi connectivity index (χ1n) is 8.10. The molecule has 3 rings (SSSR count). The normalized spacial score (nSPS) is 12.9. The van der Waals surface area contributed by atoms with E-state index in [0.29, 0.717) is 27.4 Å². The third-order valence-electron chi connectivity index (χ3n) is 3.44. The van der Waals surface area contributed by atoms with Crippen LogP contribution < -0.4 is 15.0 Å². The zero-order chi connectivity index (χ0) is 20.1. The highest BCUT2D eigenvalue weighted by atomic mass is 35.5. The molecule has 1 aromatic carbocycles. The lowest BCUT2D eigenvalue weighted by molar-refractivity contribution is -0.139. The Morgan fingerprint density at radius 3 is 3.04 bits per heavy atom. The molecule has 0 atom stereocenters. The van der Waals surface area contributed by atoms with E-state index < -0.39 is 5.91 Å². The predicted octanol–water partition coefficient (Wildman–Crippen LogP) is 2.21. The van der Waals surface area contributed by atoms with Gasteiger partial charge in [0.25, 0.3) is 5.91 Å². The van der Waals surface area contributed by atoms with Crippen molar-refractivity contribution in [2.75, 3.05) is 35.7 Å². The molecule has 0 bridgehead atoms. The maximum Gasteiger partial charge on any atom is 0.316 e. The fraction of sp³-hybridized carbons (Fsp3) is 0.312. The molecule has 1 aliphatic rings. The van der Waals surface area contributed by atoms with Gasteiger partial charge in [-0.05, 0) is 25.1 Å². The van der Waals surface area contributed by atoms with Gasteiger partial charge in [-0.3, -0.25) is 24.6 Å². The highest BCUT2D eigenvalue weighted by Gasteiger charge is 2.28. The maximum absolute atomic E-state index is 12.4. The summed E-state index contributed by atoms with van der Waals surface area (Å²) in [6.45, 7) is 1.66. The van der Waals surface area contributed by atoms with E-state index in [0.717, 1.165) is 11.3 Å². The van der Waals surface area contributed by atoms with Gasteiger partial charge in [-0.15, -0.1) is 10.2 Å². The van der Waals surface area contributed by atoms with Crippen LogP contribution in [0.5, 0.6) is 5.75 Å². The highest BCUT2D eigenvalue weighted by Crippen LogP contribution is 2.34. The van der Waals surface area contributed by atoms with E-state index in [2.05, 4.69) is 15.5 Å². The summed E-state index contributed by atoms with van der Waals surface area (Å²) in [5.41, 5.74) is 0.432. The van der Waals surface area contributed by atoms with Crippen molar-refractivity contribution in [1.29, 1.82) is 0 Å². The van der Waals surface area contributed by atoms with Crippen molar-refractivity contribution in [3.63, 3.8) is 0 Å². The van der Waals surface area contributed by atoms with Gasteiger partial charge in [-0.2, -0.15) is 0 Å². The van der Waals surface area contributed by atoms with Crippen molar-refractivity contribution >= 4 is 63.3 Å². The summed E-state index contributed by atoms with van der Waals surface area (Å²) in [6.07, 6.45) is 0. The van der Waals surface area contributed by atoms with Gasteiger partial charge in [0.05, 0.1) is 18.0 Å². The summed E-state index contributed by atoms with van der Waals surface area (Å²) in [5, 5.41) is 11.1. The molecule has 0 radical (unpaired) electrons. The lowest BCUT2D eigenvalue weighted by atomic mass is 10.2. The maximum atomic E-state index is 12.4. The van der Waals surface area contributed by atoms with Crippen LogP contribution in [-0.2, 0) is 19.1 Å². The number of hydrogen-bond acceptors (Lipinski definition) is 9. The van der Waals surface area contributed by atoms with Crippen LogP contribution in [0.3, 0.4) is 0 Å². The third kappa shape index (κ3) is 5.12. The third-order valence-corrected chi connectivity index (χ3v) is 5.62. The Kier molecular flexibility index (Phi) is 6.70. The van der Waals surface area contributed by atoms with E-state index in [1.54, 1.807) is 25.1 Å². The Morgan fingerprint density at radius 1 is 1.43 bits per heavy atom. The second-order valence-electron chi connectivity index (χ2n) is 5.40. The predicted molar refractivity (Wildman–Crippen MR) is 105 cm³/mol. The summed E-state index contributed by atoms with van der Waals surface area (Å²) in [6, 6.07) is 4.86. The van der Waals surface area contributed by atoms with Crippen LogP contribution in [0.1, 0.15) is 6.92 Å². The first-order valence-corrected chi connectivity index (χ1v) is 10.3. The smallest absolute Gasteiger partial charge is 0.316 e. The molecule has 28 heavy (non-hydrogen) atoms. The number of thioether (sulfide) groups is 1. The number of anilines is 2. The summed E-state index contributed by atoms with van der Waals surface area (Å²) in [4.78, 5) is 37.2. The Morgan fingerprint density at radius 2 is 2.25 bits per heavy atom. The molecular weight excluding hydrogens is 428 g/mol. The number of aromatic nitrogens is 2. The number of benzene rings is 1. The van der Waals surface area contributed by atoms with E-state index in [1.165, 1.54) is 16.7 Å². The summed E-state index contributed by atoms with van der Waals surface area (Å²) >= 11 is 8.28. The molecular formula is C16H15ClN4O5S2. The number of fused-ring (bicyclic) bond motifs is 1. The van der Waals surface area contributed by atoms with Gasteiger partial charge < -0.3 is 9.47 Å². The molecule has 1 aliphatic heterocycles. The van der Waals surface area contributed by atoms with Crippen molar-refractivity contribution in [1.82, 2.24) is 10.2 Å². The van der Waals surface area contributed by atoms with Crippen LogP contribution in [0.25, 0.3) is 0 Å². The quantitative estimate of drug-likeness (QED) is 0.394. The zero-order valence-corrected chi connectivity index (χ0v) is 17.0. The minimum absolute atomic E-state index is 0.107. The van der Waals surface area contributed by atoms with Gasteiger partial charge in [0.2, 0.25) is 11.0 Å². The number of hydrogen-bond donors (Lipinski definition) is 1. The highest BCUT2D eigenvalue weighted by molar-refractivity contribution is 8.01. The van der Waals surface area contributed by atoms with Gasteiger partial charge in [0, 0.05) is 5.02 Å². The number of esters is 1. The zero-order valence-electron chi connectivity index (χ0n) is 14.6. The molecule has 2 aromatic rings. The first kappa shape index (κ1) is 20.4. The van der Waals surface area contributed by atoms with Crippen molar-refractivity contribution in [2.24, 2.45) is 0 Å².